The number of aliphatic hydroxyl groups is 2. The molecular weight excluding hydrogens is 1160 g/mol. The largest absolute Gasteiger partial charge is 0.481 e. The summed E-state index contributed by atoms with van der Waals surface area (Å²) in [5, 5.41) is 26.1. The van der Waals surface area contributed by atoms with E-state index in [2.05, 4.69) is 96.3 Å². The lowest BCUT2D eigenvalue weighted by atomic mass is 10.1. The number of hydrogen-bond donors (Lipinski definition) is 3. The molecular formula is C62H81Br3O11. The second-order valence-corrected chi connectivity index (χ2v) is 21.5. The van der Waals surface area contributed by atoms with Gasteiger partial charge in [-0.05, 0) is 191 Å². The molecule has 5 aromatic carbocycles. The Balaban J connectivity index is 0.000000208. The molecule has 416 valence electrons. The SMILES string of the molecule is Brc1cccc(CCCOC2CCCCO2)c1.O=C(O)CCc1cccc(Br)c1.O=Cc1cccc(CCCOC2CCCCO2)c1.OCCCc1cccc(Br)c1.OCc1cccc(CCCOC2CCCCO2)c1. The smallest absolute Gasteiger partial charge is 0.303 e. The Morgan fingerprint density at radius 3 is 1.22 bits per heavy atom. The first-order valence-electron chi connectivity index (χ1n) is 27.1. The van der Waals surface area contributed by atoms with Gasteiger partial charge in [-0.2, -0.15) is 0 Å². The summed E-state index contributed by atoms with van der Waals surface area (Å²) in [6, 6.07) is 40.1. The average Bonchev–Trinajstić information content (AvgIpc) is 3.45. The van der Waals surface area contributed by atoms with Crippen LogP contribution in [0.25, 0.3) is 0 Å². The van der Waals surface area contributed by atoms with Crippen LogP contribution >= 0.6 is 47.8 Å². The summed E-state index contributed by atoms with van der Waals surface area (Å²) in [4.78, 5) is 20.9. The molecule has 3 heterocycles. The molecule has 14 heteroatoms. The molecule has 11 nitrogen and oxygen atoms in total. The summed E-state index contributed by atoms with van der Waals surface area (Å²) in [5.74, 6) is -0.755. The lowest BCUT2D eigenvalue weighted by Gasteiger charge is -2.22. The number of carbonyl (C=O) groups excluding carboxylic acids is 1. The second-order valence-electron chi connectivity index (χ2n) is 18.8. The van der Waals surface area contributed by atoms with Crippen molar-refractivity contribution in [3.8, 4) is 0 Å². The number of rotatable bonds is 23. The quantitative estimate of drug-likeness (QED) is 0.0424. The normalized spacial score (nSPS) is 16.9. The van der Waals surface area contributed by atoms with Crippen LogP contribution in [0.4, 0.5) is 0 Å². The van der Waals surface area contributed by atoms with Crippen molar-refractivity contribution in [3.63, 3.8) is 0 Å². The van der Waals surface area contributed by atoms with Gasteiger partial charge < -0.3 is 43.7 Å². The number of benzene rings is 5. The van der Waals surface area contributed by atoms with Crippen molar-refractivity contribution in [3.05, 3.63) is 174 Å². The fraction of sp³-hybridized carbons (Fsp3) is 0.484. The molecule has 3 fully saturated rings. The van der Waals surface area contributed by atoms with Gasteiger partial charge >= 0.3 is 5.97 Å². The summed E-state index contributed by atoms with van der Waals surface area (Å²) in [5.41, 5.74) is 7.84. The van der Waals surface area contributed by atoms with Crippen LogP contribution in [0.5, 0.6) is 0 Å². The zero-order valence-electron chi connectivity index (χ0n) is 44.2. The van der Waals surface area contributed by atoms with Crippen LogP contribution in [-0.4, -0.2) is 92.7 Å². The monoisotopic (exact) mass is 1240 g/mol. The first-order valence-corrected chi connectivity index (χ1v) is 29.5. The molecule has 0 spiro atoms. The van der Waals surface area contributed by atoms with Crippen LogP contribution in [0, 0.1) is 0 Å². The fourth-order valence-electron chi connectivity index (χ4n) is 8.32. The van der Waals surface area contributed by atoms with Crippen molar-refractivity contribution in [1.82, 2.24) is 0 Å². The van der Waals surface area contributed by atoms with Crippen LogP contribution in [0.15, 0.2) is 135 Å². The molecule has 0 radical (unpaired) electrons. The van der Waals surface area contributed by atoms with Gasteiger partial charge in [0.25, 0.3) is 0 Å². The highest BCUT2D eigenvalue weighted by Crippen LogP contribution is 2.19. The Kier molecular flexibility index (Phi) is 35.4. The minimum absolute atomic E-state index is 0.0000551. The number of carbonyl (C=O) groups is 2. The zero-order chi connectivity index (χ0) is 54.3. The number of carboxylic acids is 1. The maximum absolute atomic E-state index is 10.7. The van der Waals surface area contributed by atoms with Gasteiger partial charge in [0.05, 0.1) is 26.4 Å². The van der Waals surface area contributed by atoms with E-state index in [1.165, 1.54) is 47.9 Å². The standard InChI is InChI=1S/C15H22O3.C15H20O3.C14H19BrO2.C9H9BrO2.C9H11BrO/c2*16-12-14-6-3-5-13(11-14)7-4-10-18-15-8-1-2-9-17-15;15-13-7-3-5-12(11-13)6-4-10-17-14-8-1-2-9-16-14;10-8-3-1-2-7(6-8)4-5-9(11)12;10-9-5-1-3-8(7-9)4-2-6-11/h3,5-6,11,15-16H,1-2,4,7-10,12H2;3,5-6,11-12,15H,1-2,4,7-10H2;3,5,7,11,14H,1-2,4,6,8-10H2;1-3,6H,4-5H2,(H,11,12);1,3,5,7,11H,2,4,6H2. The Labute approximate surface area is 477 Å². The number of aldehydes is 1. The van der Waals surface area contributed by atoms with Gasteiger partial charge in [-0.3, -0.25) is 9.59 Å². The molecule has 8 rings (SSSR count). The van der Waals surface area contributed by atoms with Gasteiger partial charge in [0, 0.05) is 51.8 Å². The Bertz CT molecular complexity index is 2300. The van der Waals surface area contributed by atoms with E-state index >= 15 is 0 Å². The minimum Gasteiger partial charge on any atom is -0.481 e. The van der Waals surface area contributed by atoms with E-state index in [-0.39, 0.29) is 38.5 Å². The molecule has 76 heavy (non-hydrogen) atoms. The van der Waals surface area contributed by atoms with Gasteiger partial charge in [-0.15, -0.1) is 0 Å². The van der Waals surface area contributed by atoms with Crippen molar-refractivity contribution < 1.29 is 53.3 Å². The zero-order valence-corrected chi connectivity index (χ0v) is 48.9. The molecule has 0 amide bonds. The van der Waals surface area contributed by atoms with Crippen molar-refractivity contribution >= 4 is 60.0 Å². The number of ether oxygens (including phenoxy) is 6. The van der Waals surface area contributed by atoms with Crippen LogP contribution in [0.3, 0.4) is 0 Å². The predicted octanol–water partition coefficient (Wildman–Crippen LogP) is 14.4. The molecule has 5 aromatic rings. The van der Waals surface area contributed by atoms with Crippen molar-refractivity contribution in [1.29, 1.82) is 0 Å². The number of aliphatic hydroxyl groups excluding tert-OH is 2. The van der Waals surface area contributed by atoms with E-state index in [1.807, 2.05) is 72.8 Å². The number of aryl methyl sites for hydroxylation is 5. The lowest BCUT2D eigenvalue weighted by molar-refractivity contribution is -0.162. The molecule has 3 aliphatic rings. The minimum atomic E-state index is -0.755. The van der Waals surface area contributed by atoms with Crippen LogP contribution < -0.4 is 0 Å². The third kappa shape index (κ3) is 31.1. The topological polar surface area (TPSA) is 150 Å². The number of aliphatic carboxylic acids is 1. The van der Waals surface area contributed by atoms with Gasteiger partial charge in [0.2, 0.25) is 0 Å². The Hall–Kier alpha value is -3.64. The third-order valence-corrected chi connectivity index (χ3v) is 13.8. The van der Waals surface area contributed by atoms with Crippen molar-refractivity contribution in [2.75, 3.05) is 46.2 Å². The van der Waals surface area contributed by atoms with Crippen molar-refractivity contribution in [2.24, 2.45) is 0 Å². The van der Waals surface area contributed by atoms with E-state index in [1.54, 1.807) is 0 Å². The summed E-state index contributed by atoms with van der Waals surface area (Å²) < 4.78 is 36.8. The van der Waals surface area contributed by atoms with Crippen LogP contribution in [-0.2, 0) is 71.9 Å². The van der Waals surface area contributed by atoms with Gasteiger partial charge in [0.1, 0.15) is 6.29 Å². The first kappa shape index (κ1) is 64.9. The average molecular weight is 1240 g/mol. The highest BCUT2D eigenvalue weighted by atomic mass is 79.9. The third-order valence-electron chi connectivity index (χ3n) is 12.3. The van der Waals surface area contributed by atoms with Gasteiger partial charge in [-0.1, -0.05) is 127 Å². The van der Waals surface area contributed by atoms with Gasteiger partial charge in [0.15, 0.2) is 18.9 Å². The van der Waals surface area contributed by atoms with E-state index in [0.717, 1.165) is 160 Å². The molecule has 0 saturated carbocycles. The molecule has 0 aromatic heterocycles. The van der Waals surface area contributed by atoms with Crippen molar-refractivity contribution in [2.45, 2.75) is 147 Å². The molecule has 3 N–H and O–H groups in total. The van der Waals surface area contributed by atoms with E-state index < -0.39 is 5.97 Å². The van der Waals surface area contributed by atoms with E-state index in [0.29, 0.717) is 6.42 Å². The summed E-state index contributed by atoms with van der Waals surface area (Å²) in [6.07, 6.45) is 19.8. The number of carboxylic acid groups (broad SMARTS) is 1. The highest BCUT2D eigenvalue weighted by Gasteiger charge is 2.15. The Morgan fingerprint density at radius 2 is 0.855 bits per heavy atom. The maximum Gasteiger partial charge on any atom is 0.303 e. The second kappa shape index (κ2) is 41.4. The summed E-state index contributed by atoms with van der Waals surface area (Å²) in [7, 11) is 0. The van der Waals surface area contributed by atoms with Gasteiger partial charge in [-0.25, -0.2) is 0 Å². The summed E-state index contributed by atoms with van der Waals surface area (Å²) in [6.45, 7) is 5.15. The molecule has 0 bridgehead atoms. The number of halogens is 3. The molecule has 3 unspecified atom stereocenters. The molecule has 3 aliphatic heterocycles. The Morgan fingerprint density at radius 1 is 0.487 bits per heavy atom. The fourth-order valence-corrected chi connectivity index (χ4v) is 9.66. The maximum atomic E-state index is 10.7. The molecule has 3 atom stereocenters. The van der Waals surface area contributed by atoms with Crippen LogP contribution in [0.1, 0.15) is 134 Å². The first-order chi connectivity index (χ1) is 37.1. The van der Waals surface area contributed by atoms with Crippen LogP contribution in [0.2, 0.25) is 0 Å². The molecule has 3 saturated heterocycles. The highest BCUT2D eigenvalue weighted by molar-refractivity contribution is 9.11. The van der Waals surface area contributed by atoms with E-state index in [9.17, 15) is 9.59 Å². The molecule has 0 aliphatic carbocycles. The predicted molar refractivity (Wildman–Crippen MR) is 312 cm³/mol. The van der Waals surface area contributed by atoms with E-state index in [4.69, 9.17) is 43.7 Å². The number of hydrogen-bond acceptors (Lipinski definition) is 10. The lowest BCUT2D eigenvalue weighted by Crippen LogP contribution is -2.22. The summed E-state index contributed by atoms with van der Waals surface area (Å²) >= 11 is 10.2.